The number of nitrogens with one attached hydrogen (secondary N) is 1. The molecule has 1 N–H and O–H groups in total. The number of nitrogens with zero attached hydrogens (tertiary/aromatic N) is 1. The van der Waals surface area contributed by atoms with E-state index >= 15 is 0 Å². The van der Waals surface area contributed by atoms with Crippen LogP contribution < -0.4 is 5.32 Å². The monoisotopic (exact) mass is 336 g/mol. The van der Waals surface area contributed by atoms with E-state index in [2.05, 4.69) is 5.32 Å². The fraction of sp³-hybridized carbons (Fsp3) is 0.556. The Morgan fingerprint density at radius 3 is 2.52 bits per heavy atom. The van der Waals surface area contributed by atoms with Crippen LogP contribution in [0.5, 0.6) is 0 Å². The zero-order valence-electron chi connectivity index (χ0n) is 13.9. The molecule has 23 heavy (non-hydrogen) atoms. The number of hydrogen-bond acceptors (Lipinski definition) is 2. The number of alkyl halides is 1. The third-order valence-corrected chi connectivity index (χ3v) is 4.71. The summed E-state index contributed by atoms with van der Waals surface area (Å²) in [5.74, 6) is 0.653. The quantitative estimate of drug-likeness (QED) is 0.840. The van der Waals surface area contributed by atoms with Crippen LogP contribution in [0.1, 0.15) is 47.2 Å². The number of amides is 2. The fourth-order valence-corrected chi connectivity index (χ4v) is 2.94. The molecular weight excluding hydrogens is 312 g/mol. The van der Waals surface area contributed by atoms with Crippen LogP contribution in [0.4, 0.5) is 0 Å². The molecule has 5 heteroatoms. The zero-order chi connectivity index (χ0) is 16.8. The first-order valence-electron chi connectivity index (χ1n) is 8.23. The second-order valence-electron chi connectivity index (χ2n) is 6.23. The average molecular weight is 337 g/mol. The lowest BCUT2D eigenvalue weighted by molar-refractivity contribution is -0.122. The Kier molecular flexibility index (Phi) is 6.46. The number of likely N-dealkylation sites (tertiary alicyclic amines) is 1. The van der Waals surface area contributed by atoms with Gasteiger partial charge < -0.3 is 10.2 Å². The Labute approximate surface area is 143 Å². The van der Waals surface area contributed by atoms with Gasteiger partial charge in [-0.05, 0) is 56.4 Å². The van der Waals surface area contributed by atoms with E-state index in [1.807, 2.05) is 36.9 Å². The Morgan fingerprint density at radius 1 is 1.22 bits per heavy atom. The van der Waals surface area contributed by atoms with Crippen molar-refractivity contribution in [1.29, 1.82) is 0 Å². The molecule has 0 bridgehead atoms. The molecule has 0 unspecified atom stereocenters. The van der Waals surface area contributed by atoms with E-state index in [1.165, 1.54) is 5.56 Å². The first-order valence-corrected chi connectivity index (χ1v) is 8.76. The van der Waals surface area contributed by atoms with Gasteiger partial charge >= 0.3 is 0 Å². The van der Waals surface area contributed by atoms with Crippen LogP contribution in [-0.4, -0.2) is 41.7 Å². The summed E-state index contributed by atoms with van der Waals surface area (Å²) in [5, 5.41) is 3.03. The van der Waals surface area contributed by atoms with Crippen LogP contribution in [0.3, 0.4) is 0 Å². The molecule has 4 nitrogen and oxygen atoms in total. The van der Waals surface area contributed by atoms with Gasteiger partial charge in [-0.2, -0.15) is 0 Å². The molecule has 0 aliphatic carbocycles. The summed E-state index contributed by atoms with van der Waals surface area (Å²) in [6.07, 6.45) is 2.80. The van der Waals surface area contributed by atoms with Gasteiger partial charge in [0, 0.05) is 37.0 Å². The van der Waals surface area contributed by atoms with Gasteiger partial charge in [0.2, 0.25) is 5.91 Å². The highest BCUT2D eigenvalue weighted by Gasteiger charge is 2.24. The molecule has 1 aromatic rings. The van der Waals surface area contributed by atoms with Gasteiger partial charge in [-0.1, -0.05) is 6.07 Å². The number of carbonyl (C=O) groups excluding carboxylic acids is 2. The molecular formula is C18H25ClN2O2. The highest BCUT2D eigenvalue weighted by atomic mass is 35.5. The Morgan fingerprint density at radius 2 is 1.91 bits per heavy atom. The largest absolute Gasteiger partial charge is 0.353 e. The number of hydrogen-bond donors (Lipinski definition) is 1. The first kappa shape index (κ1) is 17.8. The number of benzene rings is 1. The van der Waals surface area contributed by atoms with Gasteiger partial charge in [0.15, 0.2) is 0 Å². The second kappa shape index (κ2) is 8.34. The lowest BCUT2D eigenvalue weighted by atomic mass is 10.0. The van der Waals surface area contributed by atoms with Crippen LogP contribution in [0.25, 0.3) is 0 Å². The molecule has 1 fully saturated rings. The van der Waals surface area contributed by atoms with E-state index in [1.54, 1.807) is 0 Å². The minimum absolute atomic E-state index is 0.0598. The minimum Gasteiger partial charge on any atom is -0.353 e. The van der Waals surface area contributed by atoms with Crippen molar-refractivity contribution in [3.63, 3.8) is 0 Å². The summed E-state index contributed by atoms with van der Waals surface area (Å²) in [7, 11) is 0. The van der Waals surface area contributed by atoms with Crippen LogP contribution in [0.2, 0.25) is 0 Å². The van der Waals surface area contributed by atoms with E-state index in [0.29, 0.717) is 31.8 Å². The van der Waals surface area contributed by atoms with Gasteiger partial charge in [0.05, 0.1) is 0 Å². The molecule has 1 aliphatic rings. The van der Waals surface area contributed by atoms with Crippen molar-refractivity contribution in [2.45, 2.75) is 45.6 Å². The Hall–Kier alpha value is -1.55. The molecule has 0 spiro atoms. The fourth-order valence-electron chi connectivity index (χ4n) is 2.81. The Bertz CT molecular complexity index is 566. The number of aryl methyl sites for hydroxylation is 2. The highest BCUT2D eigenvalue weighted by molar-refractivity contribution is 6.17. The summed E-state index contributed by atoms with van der Waals surface area (Å²) in [6.45, 7) is 5.44. The Balaban J connectivity index is 1.85. The summed E-state index contributed by atoms with van der Waals surface area (Å²) in [5.41, 5.74) is 3.08. The van der Waals surface area contributed by atoms with E-state index in [4.69, 9.17) is 11.6 Å². The topological polar surface area (TPSA) is 49.4 Å². The summed E-state index contributed by atoms with van der Waals surface area (Å²) in [6, 6.07) is 6.01. The van der Waals surface area contributed by atoms with Crippen molar-refractivity contribution in [2.24, 2.45) is 0 Å². The van der Waals surface area contributed by atoms with E-state index < -0.39 is 0 Å². The maximum atomic E-state index is 12.6. The molecule has 2 amide bonds. The zero-order valence-corrected chi connectivity index (χ0v) is 14.7. The number of halogens is 1. The standard InChI is InChI=1S/C18H25ClN2O2/c1-13-5-6-15(12-14(13)2)18(23)21-10-7-16(8-11-21)20-17(22)4-3-9-19/h5-6,12,16H,3-4,7-11H2,1-2H3,(H,20,22). The van der Waals surface area contributed by atoms with Crippen LogP contribution in [-0.2, 0) is 4.79 Å². The number of rotatable bonds is 5. The average Bonchev–Trinajstić information content (AvgIpc) is 2.55. The normalized spacial score (nSPS) is 15.5. The van der Waals surface area contributed by atoms with Gasteiger partial charge in [-0.3, -0.25) is 9.59 Å². The molecule has 1 heterocycles. The van der Waals surface area contributed by atoms with Gasteiger partial charge in [-0.15, -0.1) is 11.6 Å². The lowest BCUT2D eigenvalue weighted by Gasteiger charge is -2.32. The van der Waals surface area contributed by atoms with Gasteiger partial charge in [-0.25, -0.2) is 0 Å². The SMILES string of the molecule is Cc1ccc(C(=O)N2CCC(NC(=O)CCCCl)CC2)cc1C. The molecule has 126 valence electrons. The maximum Gasteiger partial charge on any atom is 0.253 e. The van der Waals surface area contributed by atoms with Crippen LogP contribution in [0, 0.1) is 13.8 Å². The van der Waals surface area contributed by atoms with E-state index in [9.17, 15) is 9.59 Å². The third kappa shape index (κ3) is 4.96. The number of carbonyl (C=O) groups is 2. The summed E-state index contributed by atoms with van der Waals surface area (Å²) >= 11 is 5.60. The van der Waals surface area contributed by atoms with Crippen molar-refractivity contribution < 1.29 is 9.59 Å². The highest BCUT2D eigenvalue weighted by Crippen LogP contribution is 2.16. The molecule has 0 radical (unpaired) electrons. The summed E-state index contributed by atoms with van der Waals surface area (Å²) < 4.78 is 0. The first-order chi connectivity index (χ1) is 11.0. The van der Waals surface area contributed by atoms with E-state index in [0.717, 1.165) is 24.0 Å². The van der Waals surface area contributed by atoms with Crippen molar-refractivity contribution in [3.05, 3.63) is 34.9 Å². The van der Waals surface area contributed by atoms with Gasteiger partial charge in [0.25, 0.3) is 5.91 Å². The second-order valence-corrected chi connectivity index (χ2v) is 6.60. The van der Waals surface area contributed by atoms with Crippen molar-refractivity contribution in [3.8, 4) is 0 Å². The summed E-state index contributed by atoms with van der Waals surface area (Å²) in [4.78, 5) is 26.2. The number of piperidine rings is 1. The lowest BCUT2D eigenvalue weighted by Crippen LogP contribution is -2.46. The van der Waals surface area contributed by atoms with Crippen LogP contribution in [0.15, 0.2) is 18.2 Å². The van der Waals surface area contributed by atoms with Crippen molar-refractivity contribution in [2.75, 3.05) is 19.0 Å². The predicted octanol–water partition coefficient (Wildman–Crippen LogP) is 3.04. The molecule has 0 aromatic heterocycles. The third-order valence-electron chi connectivity index (χ3n) is 4.44. The molecule has 1 aromatic carbocycles. The maximum absolute atomic E-state index is 12.6. The van der Waals surface area contributed by atoms with Crippen molar-refractivity contribution >= 4 is 23.4 Å². The predicted molar refractivity (Wildman–Crippen MR) is 92.9 cm³/mol. The van der Waals surface area contributed by atoms with Crippen LogP contribution >= 0.6 is 11.6 Å². The minimum atomic E-state index is 0.0598. The van der Waals surface area contributed by atoms with E-state index in [-0.39, 0.29) is 17.9 Å². The smallest absolute Gasteiger partial charge is 0.253 e. The molecule has 0 atom stereocenters. The van der Waals surface area contributed by atoms with Crippen molar-refractivity contribution in [1.82, 2.24) is 10.2 Å². The molecule has 0 saturated carbocycles. The van der Waals surface area contributed by atoms with Gasteiger partial charge in [0.1, 0.15) is 0 Å². The molecule has 1 saturated heterocycles. The molecule has 2 rings (SSSR count). The molecule has 1 aliphatic heterocycles.